The molecule has 3 rings (SSSR count). The van der Waals surface area contributed by atoms with Crippen molar-refractivity contribution in [3.05, 3.63) is 54.2 Å². The molecular formula is C26H34N4O5Si. The van der Waals surface area contributed by atoms with Crippen LogP contribution in [0.4, 0.5) is 5.95 Å². The Bertz CT molecular complexity index is 1190. The molecule has 0 aliphatic rings. The van der Waals surface area contributed by atoms with Gasteiger partial charge in [-0.05, 0) is 35.7 Å². The first kappa shape index (κ1) is 27.4. The minimum atomic E-state index is -2.65. The number of rotatable bonds is 12. The Balaban J connectivity index is 1.56. The molecule has 9 nitrogen and oxygen atoms in total. The molecule has 0 saturated heterocycles. The number of hydrogen-bond acceptors (Lipinski definition) is 7. The van der Waals surface area contributed by atoms with Gasteiger partial charge in [0.05, 0.1) is 5.69 Å². The summed E-state index contributed by atoms with van der Waals surface area (Å²) in [5.74, 6) is -0.134. The van der Waals surface area contributed by atoms with Crippen molar-refractivity contribution in [1.29, 1.82) is 0 Å². The van der Waals surface area contributed by atoms with Gasteiger partial charge in [-0.25, -0.2) is 9.97 Å². The van der Waals surface area contributed by atoms with Crippen LogP contribution in [-0.2, 0) is 22.9 Å². The summed E-state index contributed by atoms with van der Waals surface area (Å²) in [6, 6.07) is 14.7. The lowest BCUT2D eigenvalue weighted by Gasteiger charge is -2.24. The smallest absolute Gasteiger partial charge is 0.377 e. The van der Waals surface area contributed by atoms with Crippen molar-refractivity contribution < 1.29 is 22.9 Å². The maximum atomic E-state index is 12.7. The number of benzene rings is 2. The van der Waals surface area contributed by atoms with E-state index in [4.69, 9.17) is 13.3 Å². The van der Waals surface area contributed by atoms with Crippen LogP contribution in [0, 0.1) is 6.92 Å². The number of aryl methyl sites for hydroxylation is 1. The number of fused-ring (bicyclic) bond motifs is 1. The first-order valence-corrected chi connectivity index (χ1v) is 13.8. The third kappa shape index (κ3) is 6.52. The van der Waals surface area contributed by atoms with Gasteiger partial charge in [0, 0.05) is 65.6 Å². The highest BCUT2D eigenvalue weighted by atomic mass is 28.4. The van der Waals surface area contributed by atoms with E-state index in [1.807, 2.05) is 24.3 Å². The summed E-state index contributed by atoms with van der Waals surface area (Å²) in [7, 11) is 3.64. The van der Waals surface area contributed by atoms with Gasteiger partial charge in [-0.3, -0.25) is 14.5 Å². The summed E-state index contributed by atoms with van der Waals surface area (Å²) in [5.41, 5.74) is 2.84. The van der Waals surface area contributed by atoms with E-state index in [1.165, 1.54) is 4.90 Å². The molecule has 0 fully saturated rings. The van der Waals surface area contributed by atoms with Crippen LogP contribution in [0.15, 0.2) is 48.7 Å². The van der Waals surface area contributed by atoms with Crippen LogP contribution in [0.5, 0.6) is 0 Å². The summed E-state index contributed by atoms with van der Waals surface area (Å²) in [6.45, 7) is 2.51. The van der Waals surface area contributed by atoms with E-state index in [1.54, 1.807) is 34.6 Å². The number of amides is 2. The molecule has 0 aliphatic carbocycles. The van der Waals surface area contributed by atoms with Crippen LogP contribution in [-0.4, -0.2) is 65.5 Å². The van der Waals surface area contributed by atoms with E-state index in [9.17, 15) is 9.59 Å². The number of aromatic nitrogens is 2. The zero-order chi connectivity index (χ0) is 26.1. The van der Waals surface area contributed by atoms with Crippen LogP contribution < -0.4 is 10.2 Å². The molecule has 1 heterocycles. The van der Waals surface area contributed by atoms with Gasteiger partial charge < -0.3 is 18.6 Å². The molecule has 0 unspecified atom stereocenters. The highest BCUT2D eigenvalue weighted by Gasteiger charge is 2.36. The molecule has 0 radical (unpaired) electrons. The average Bonchev–Trinajstić information content (AvgIpc) is 2.92. The molecule has 0 aliphatic heterocycles. The summed E-state index contributed by atoms with van der Waals surface area (Å²) in [6.07, 6.45) is 2.42. The van der Waals surface area contributed by atoms with Crippen molar-refractivity contribution in [2.24, 2.45) is 0 Å². The molecule has 0 saturated carbocycles. The van der Waals surface area contributed by atoms with Crippen LogP contribution in [0.25, 0.3) is 22.0 Å². The molecule has 0 spiro atoms. The molecular weight excluding hydrogens is 476 g/mol. The van der Waals surface area contributed by atoms with E-state index >= 15 is 0 Å². The zero-order valence-corrected chi connectivity index (χ0v) is 22.5. The third-order valence-corrected chi connectivity index (χ3v) is 9.10. The minimum absolute atomic E-state index is 0.0534. The fraction of sp³-hybridized carbons (Fsp3) is 0.385. The molecule has 2 amide bonds. The van der Waals surface area contributed by atoms with Gasteiger partial charge in [0.1, 0.15) is 0 Å². The Morgan fingerprint density at radius 2 is 1.72 bits per heavy atom. The van der Waals surface area contributed by atoms with Crippen LogP contribution in [0.3, 0.4) is 0 Å². The predicted molar refractivity (Wildman–Crippen MR) is 142 cm³/mol. The molecule has 3 aromatic rings. The van der Waals surface area contributed by atoms with E-state index in [-0.39, 0.29) is 24.7 Å². The van der Waals surface area contributed by atoms with Gasteiger partial charge in [-0.2, -0.15) is 0 Å². The monoisotopic (exact) mass is 510 g/mol. The maximum absolute atomic E-state index is 12.7. The SMILES string of the molecule is CO[Si](CCCNC(=O)CCC(=O)N(C)c1nccc(-c2ccc3ccccc3c2C)n1)(OC)OC. The van der Waals surface area contributed by atoms with Crippen molar-refractivity contribution in [2.45, 2.75) is 32.2 Å². The molecule has 1 aromatic heterocycles. The molecule has 1 N–H and O–H groups in total. The topological polar surface area (TPSA) is 103 Å². The summed E-state index contributed by atoms with van der Waals surface area (Å²) < 4.78 is 16.1. The Kier molecular flexibility index (Phi) is 9.65. The number of carbonyl (C=O) groups is 2. The molecule has 36 heavy (non-hydrogen) atoms. The standard InChI is InChI=1S/C26H34N4O5Si/c1-19-21-10-7-6-9-20(21)11-12-22(19)23-15-17-28-26(29-23)30(2)25(32)14-13-24(31)27-16-8-18-36(33-3,34-4)35-5/h6-7,9-12,15,17H,8,13-14,16,18H2,1-5H3,(H,27,31). The number of nitrogens with one attached hydrogen (secondary N) is 1. The second kappa shape index (κ2) is 12.7. The molecule has 10 heteroatoms. The lowest BCUT2D eigenvalue weighted by Crippen LogP contribution is -2.43. The van der Waals surface area contributed by atoms with E-state index in [0.29, 0.717) is 25.0 Å². The van der Waals surface area contributed by atoms with Crippen molar-refractivity contribution in [2.75, 3.05) is 39.8 Å². The second-order valence-electron chi connectivity index (χ2n) is 8.40. The summed E-state index contributed by atoms with van der Waals surface area (Å²) >= 11 is 0. The van der Waals surface area contributed by atoms with Gasteiger partial charge >= 0.3 is 8.80 Å². The van der Waals surface area contributed by atoms with Crippen LogP contribution in [0.1, 0.15) is 24.8 Å². The first-order chi connectivity index (χ1) is 17.3. The number of anilines is 1. The van der Waals surface area contributed by atoms with E-state index in [0.717, 1.165) is 27.6 Å². The maximum Gasteiger partial charge on any atom is 0.500 e. The fourth-order valence-corrected chi connectivity index (χ4v) is 5.76. The first-order valence-electron chi connectivity index (χ1n) is 11.8. The normalized spacial score (nSPS) is 11.5. The summed E-state index contributed by atoms with van der Waals surface area (Å²) in [5, 5.41) is 5.15. The minimum Gasteiger partial charge on any atom is -0.377 e. The Hall–Kier alpha value is -3.18. The van der Waals surface area contributed by atoms with Gasteiger partial charge in [0.2, 0.25) is 17.8 Å². The molecule has 0 bridgehead atoms. The highest BCUT2D eigenvalue weighted by molar-refractivity contribution is 6.60. The van der Waals surface area contributed by atoms with Crippen molar-refractivity contribution in [3.63, 3.8) is 0 Å². The third-order valence-electron chi connectivity index (χ3n) is 6.27. The van der Waals surface area contributed by atoms with Gasteiger partial charge in [0.15, 0.2) is 0 Å². The van der Waals surface area contributed by atoms with Crippen LogP contribution in [0.2, 0.25) is 6.04 Å². The van der Waals surface area contributed by atoms with E-state index < -0.39 is 8.80 Å². The molecule has 0 atom stereocenters. The number of hydrogen-bond donors (Lipinski definition) is 1. The zero-order valence-electron chi connectivity index (χ0n) is 21.5. The number of carbonyl (C=O) groups excluding carboxylic acids is 2. The quantitative estimate of drug-likeness (QED) is 0.292. The lowest BCUT2D eigenvalue weighted by molar-refractivity contribution is -0.125. The Morgan fingerprint density at radius 1 is 1.00 bits per heavy atom. The fourth-order valence-electron chi connectivity index (χ4n) is 4.04. The van der Waals surface area contributed by atoms with Gasteiger partial charge in [-0.15, -0.1) is 0 Å². The predicted octanol–water partition coefficient (Wildman–Crippen LogP) is 3.73. The van der Waals surface area contributed by atoms with E-state index in [2.05, 4.69) is 40.4 Å². The molecule has 2 aromatic carbocycles. The van der Waals surface area contributed by atoms with Crippen molar-refractivity contribution in [3.8, 4) is 11.3 Å². The Labute approximate surface area is 213 Å². The largest absolute Gasteiger partial charge is 0.500 e. The Morgan fingerprint density at radius 3 is 2.44 bits per heavy atom. The molecule has 192 valence electrons. The van der Waals surface area contributed by atoms with Gasteiger partial charge in [-0.1, -0.05) is 36.4 Å². The highest BCUT2D eigenvalue weighted by Crippen LogP contribution is 2.29. The average molecular weight is 511 g/mol. The van der Waals surface area contributed by atoms with Crippen LogP contribution >= 0.6 is 0 Å². The summed E-state index contributed by atoms with van der Waals surface area (Å²) in [4.78, 5) is 35.3. The second-order valence-corrected chi connectivity index (χ2v) is 11.5. The van der Waals surface area contributed by atoms with Crippen molar-refractivity contribution in [1.82, 2.24) is 15.3 Å². The van der Waals surface area contributed by atoms with Crippen molar-refractivity contribution >= 4 is 37.3 Å². The van der Waals surface area contributed by atoms with Gasteiger partial charge in [0.25, 0.3) is 0 Å². The number of nitrogens with zero attached hydrogens (tertiary/aromatic N) is 3. The lowest BCUT2D eigenvalue weighted by atomic mass is 9.98.